The van der Waals surface area contributed by atoms with Gasteiger partial charge in [0.05, 0.1) is 6.42 Å². The lowest BCUT2D eigenvalue weighted by Crippen LogP contribution is -2.47. The van der Waals surface area contributed by atoms with Crippen LogP contribution in [-0.2, 0) is 16.0 Å². The van der Waals surface area contributed by atoms with Gasteiger partial charge in [0.2, 0.25) is 11.8 Å². The summed E-state index contributed by atoms with van der Waals surface area (Å²) in [6.45, 7) is 2.50. The number of H-pyrrole nitrogens is 1. The molecule has 1 aliphatic carbocycles. The number of benzene rings is 1. The Morgan fingerprint density at radius 2 is 2.12 bits per heavy atom. The van der Waals surface area contributed by atoms with Crippen LogP contribution >= 0.6 is 0 Å². The number of aryl methyl sites for hydroxylation is 1. The largest absolute Gasteiger partial charge is 0.358 e. The van der Waals surface area contributed by atoms with Gasteiger partial charge in [0, 0.05) is 29.2 Å². The van der Waals surface area contributed by atoms with Crippen molar-refractivity contribution in [1.29, 1.82) is 0 Å². The van der Waals surface area contributed by atoms with Gasteiger partial charge in [-0.1, -0.05) is 0 Å². The highest BCUT2D eigenvalue weighted by Crippen LogP contribution is 2.26. The van der Waals surface area contributed by atoms with Gasteiger partial charge >= 0.3 is 0 Å². The number of nitrogens with one attached hydrogen (secondary N) is 2. The van der Waals surface area contributed by atoms with Gasteiger partial charge in [0.15, 0.2) is 0 Å². The van der Waals surface area contributed by atoms with E-state index in [0.29, 0.717) is 19.0 Å². The van der Waals surface area contributed by atoms with E-state index in [1.165, 1.54) is 12.1 Å². The third-order valence-corrected chi connectivity index (χ3v) is 5.21. The molecule has 1 aromatic heterocycles. The summed E-state index contributed by atoms with van der Waals surface area (Å²) >= 11 is 0. The Morgan fingerprint density at radius 3 is 2.88 bits per heavy atom. The van der Waals surface area contributed by atoms with Crippen molar-refractivity contribution in [2.75, 3.05) is 6.54 Å². The minimum absolute atomic E-state index is 0.0324. The first-order valence-electron chi connectivity index (χ1n) is 8.89. The van der Waals surface area contributed by atoms with E-state index in [-0.39, 0.29) is 30.1 Å². The van der Waals surface area contributed by atoms with Crippen LogP contribution in [0.3, 0.4) is 0 Å². The molecule has 1 unspecified atom stereocenters. The summed E-state index contributed by atoms with van der Waals surface area (Å²) < 4.78 is 13.6. The highest BCUT2D eigenvalue weighted by molar-refractivity contribution is 5.93. The van der Waals surface area contributed by atoms with Crippen LogP contribution in [0, 0.1) is 12.7 Å². The SMILES string of the molecule is Cc1[nH]c2ccc(F)cc2c1CC(=O)N1CCCC1C(=O)NC1CC1. The lowest BCUT2D eigenvalue weighted by molar-refractivity contribution is -0.138. The summed E-state index contributed by atoms with van der Waals surface area (Å²) in [6, 6.07) is 4.48. The molecule has 25 heavy (non-hydrogen) atoms. The summed E-state index contributed by atoms with van der Waals surface area (Å²) in [5.74, 6) is -0.417. The Morgan fingerprint density at radius 1 is 1.32 bits per heavy atom. The normalized spacial score (nSPS) is 20.2. The van der Waals surface area contributed by atoms with E-state index in [9.17, 15) is 14.0 Å². The van der Waals surface area contributed by atoms with Crippen LogP contribution < -0.4 is 5.32 Å². The lowest BCUT2D eigenvalue weighted by Gasteiger charge is -2.24. The van der Waals surface area contributed by atoms with Crippen molar-refractivity contribution in [2.45, 2.75) is 51.1 Å². The van der Waals surface area contributed by atoms with Gasteiger partial charge in [0.1, 0.15) is 11.9 Å². The van der Waals surface area contributed by atoms with E-state index < -0.39 is 0 Å². The van der Waals surface area contributed by atoms with Crippen molar-refractivity contribution in [1.82, 2.24) is 15.2 Å². The molecule has 2 heterocycles. The number of aromatic amines is 1. The Labute approximate surface area is 145 Å². The van der Waals surface area contributed by atoms with E-state index in [1.54, 1.807) is 11.0 Å². The molecule has 6 heteroatoms. The number of likely N-dealkylation sites (tertiary alicyclic amines) is 1. The fraction of sp³-hybridized carbons (Fsp3) is 0.474. The Balaban J connectivity index is 1.54. The number of hydrogen-bond acceptors (Lipinski definition) is 2. The number of hydrogen-bond donors (Lipinski definition) is 2. The number of carbonyl (C=O) groups is 2. The minimum Gasteiger partial charge on any atom is -0.358 e. The van der Waals surface area contributed by atoms with Crippen molar-refractivity contribution in [3.8, 4) is 0 Å². The van der Waals surface area contributed by atoms with Gasteiger partial charge in [-0.15, -0.1) is 0 Å². The van der Waals surface area contributed by atoms with Gasteiger partial charge in [-0.2, -0.15) is 0 Å². The fourth-order valence-corrected chi connectivity index (χ4v) is 3.70. The Kier molecular flexibility index (Phi) is 3.98. The molecule has 1 saturated heterocycles. The molecule has 0 radical (unpaired) electrons. The van der Waals surface area contributed by atoms with Crippen LogP contribution in [0.4, 0.5) is 4.39 Å². The molecule has 4 rings (SSSR count). The number of rotatable bonds is 4. The lowest BCUT2D eigenvalue weighted by atomic mass is 10.1. The second-order valence-electron chi connectivity index (χ2n) is 7.12. The number of halogens is 1. The molecular formula is C19H22FN3O2. The standard InChI is InChI=1S/C19H22FN3O2/c1-11-14(15-9-12(20)4-7-16(15)21-11)10-18(24)23-8-2-3-17(23)19(25)22-13-5-6-13/h4,7,9,13,17,21H,2-3,5-6,8,10H2,1H3,(H,22,25). The summed E-state index contributed by atoms with van der Waals surface area (Å²) in [6.07, 6.45) is 3.81. The molecule has 0 spiro atoms. The van der Waals surface area contributed by atoms with Crippen LogP contribution in [0.25, 0.3) is 10.9 Å². The molecule has 1 atom stereocenters. The predicted octanol–water partition coefficient (Wildman–Crippen LogP) is 2.43. The molecule has 2 amide bonds. The van der Waals surface area contributed by atoms with Crippen molar-refractivity contribution in [2.24, 2.45) is 0 Å². The van der Waals surface area contributed by atoms with Crippen molar-refractivity contribution < 1.29 is 14.0 Å². The molecular weight excluding hydrogens is 321 g/mol. The maximum absolute atomic E-state index is 13.6. The molecule has 1 aliphatic heterocycles. The summed E-state index contributed by atoms with van der Waals surface area (Å²) in [4.78, 5) is 30.1. The molecule has 2 aromatic rings. The van der Waals surface area contributed by atoms with Gasteiger partial charge in [-0.05, 0) is 56.4 Å². The fourth-order valence-electron chi connectivity index (χ4n) is 3.70. The molecule has 0 bridgehead atoms. The first-order chi connectivity index (χ1) is 12.0. The molecule has 132 valence electrons. The summed E-state index contributed by atoms with van der Waals surface area (Å²) in [5, 5.41) is 3.74. The van der Waals surface area contributed by atoms with Crippen molar-refractivity contribution in [3.63, 3.8) is 0 Å². The topological polar surface area (TPSA) is 65.2 Å². The zero-order valence-electron chi connectivity index (χ0n) is 14.3. The minimum atomic E-state index is -0.365. The summed E-state index contributed by atoms with van der Waals surface area (Å²) in [5.41, 5.74) is 2.51. The van der Waals surface area contributed by atoms with Crippen molar-refractivity contribution in [3.05, 3.63) is 35.3 Å². The van der Waals surface area contributed by atoms with Crippen LogP contribution in [0.1, 0.15) is 36.9 Å². The molecule has 1 aromatic carbocycles. The second-order valence-corrected chi connectivity index (χ2v) is 7.12. The maximum atomic E-state index is 13.6. The van der Waals surface area contributed by atoms with Gasteiger partial charge in [-0.3, -0.25) is 9.59 Å². The van der Waals surface area contributed by atoms with Gasteiger partial charge in [-0.25, -0.2) is 4.39 Å². The first kappa shape index (κ1) is 16.1. The smallest absolute Gasteiger partial charge is 0.243 e. The van der Waals surface area contributed by atoms with Crippen molar-refractivity contribution >= 4 is 22.7 Å². The zero-order chi connectivity index (χ0) is 17.6. The average Bonchev–Trinajstić information content (AvgIpc) is 3.15. The number of fused-ring (bicyclic) bond motifs is 1. The highest BCUT2D eigenvalue weighted by atomic mass is 19.1. The highest BCUT2D eigenvalue weighted by Gasteiger charge is 2.36. The zero-order valence-corrected chi connectivity index (χ0v) is 14.3. The average molecular weight is 343 g/mol. The molecule has 5 nitrogen and oxygen atoms in total. The molecule has 1 saturated carbocycles. The van der Waals surface area contributed by atoms with E-state index in [0.717, 1.165) is 41.4 Å². The second kappa shape index (κ2) is 6.17. The van der Waals surface area contributed by atoms with Crippen LogP contribution in [-0.4, -0.2) is 40.3 Å². The third kappa shape index (κ3) is 3.13. The van der Waals surface area contributed by atoms with Crippen LogP contribution in [0.5, 0.6) is 0 Å². The first-order valence-corrected chi connectivity index (χ1v) is 8.89. The van der Waals surface area contributed by atoms with Gasteiger partial charge < -0.3 is 15.2 Å². The predicted molar refractivity (Wildman–Crippen MR) is 92.6 cm³/mol. The van der Waals surface area contributed by atoms with Gasteiger partial charge in [0.25, 0.3) is 0 Å². The Bertz CT molecular complexity index is 841. The summed E-state index contributed by atoms with van der Waals surface area (Å²) in [7, 11) is 0. The monoisotopic (exact) mass is 343 g/mol. The maximum Gasteiger partial charge on any atom is 0.243 e. The van der Waals surface area contributed by atoms with E-state index >= 15 is 0 Å². The molecule has 2 N–H and O–H groups in total. The number of aromatic nitrogens is 1. The van der Waals surface area contributed by atoms with E-state index in [1.807, 2.05) is 6.92 Å². The Hall–Kier alpha value is -2.37. The number of nitrogens with zero attached hydrogens (tertiary/aromatic N) is 1. The van der Waals surface area contributed by atoms with Crippen LogP contribution in [0.15, 0.2) is 18.2 Å². The molecule has 2 fully saturated rings. The quantitative estimate of drug-likeness (QED) is 0.895. The number of carbonyl (C=O) groups excluding carboxylic acids is 2. The third-order valence-electron chi connectivity index (χ3n) is 5.21. The van der Waals surface area contributed by atoms with E-state index in [2.05, 4.69) is 10.3 Å². The van der Waals surface area contributed by atoms with E-state index in [4.69, 9.17) is 0 Å². The van der Waals surface area contributed by atoms with Crippen LogP contribution in [0.2, 0.25) is 0 Å². The molecule has 2 aliphatic rings. The number of amides is 2.